The van der Waals surface area contributed by atoms with Crippen LogP contribution in [0.3, 0.4) is 0 Å². The highest BCUT2D eigenvalue weighted by Crippen LogP contribution is 2.33. The molecule has 0 saturated heterocycles. The minimum atomic E-state index is -0.426. The van der Waals surface area contributed by atoms with Crippen LogP contribution < -0.4 is 5.56 Å². The van der Waals surface area contributed by atoms with Crippen molar-refractivity contribution in [3.8, 4) is 10.4 Å². The zero-order valence-corrected chi connectivity index (χ0v) is 14.2. The van der Waals surface area contributed by atoms with Crippen molar-refractivity contribution in [2.75, 3.05) is 0 Å². The number of aromatic amines is 1. The summed E-state index contributed by atoms with van der Waals surface area (Å²) in [5, 5.41) is 2.48. The molecule has 4 aromatic rings. The van der Waals surface area contributed by atoms with Crippen LogP contribution >= 0.6 is 11.3 Å². The van der Waals surface area contributed by atoms with Crippen molar-refractivity contribution in [1.82, 2.24) is 9.97 Å². The zero-order chi connectivity index (χ0) is 16.7. The van der Waals surface area contributed by atoms with Crippen molar-refractivity contribution in [3.05, 3.63) is 75.8 Å². The Hall–Kier alpha value is -2.66. The summed E-state index contributed by atoms with van der Waals surface area (Å²) in [6, 6.07) is 13.9. The molecule has 0 aliphatic rings. The van der Waals surface area contributed by atoms with Gasteiger partial charge in [0.2, 0.25) is 5.71 Å². The van der Waals surface area contributed by atoms with Crippen molar-refractivity contribution in [2.24, 2.45) is 0 Å². The zero-order valence-electron chi connectivity index (χ0n) is 13.4. The normalized spacial score (nSPS) is 11.9. The van der Waals surface area contributed by atoms with Gasteiger partial charge in [-0.15, -0.1) is 11.3 Å². The summed E-state index contributed by atoms with van der Waals surface area (Å²) in [5.41, 5.74) is 1.65. The van der Waals surface area contributed by atoms with E-state index in [4.69, 9.17) is 4.42 Å². The van der Waals surface area contributed by atoms with Gasteiger partial charge in [-0.1, -0.05) is 36.4 Å². The molecule has 4 nitrogen and oxygen atoms in total. The maximum atomic E-state index is 12.7. The maximum Gasteiger partial charge on any atom is 0.262 e. The Labute approximate surface area is 142 Å². The Morgan fingerprint density at radius 1 is 1.12 bits per heavy atom. The maximum absolute atomic E-state index is 12.7. The molecule has 0 aliphatic heterocycles. The van der Waals surface area contributed by atoms with E-state index in [1.165, 1.54) is 0 Å². The van der Waals surface area contributed by atoms with Gasteiger partial charge in [-0.3, -0.25) is 4.79 Å². The number of rotatable bonds is 3. The second-order valence-electron chi connectivity index (χ2n) is 6.21. The molecule has 0 amide bonds. The van der Waals surface area contributed by atoms with Gasteiger partial charge in [0.1, 0.15) is 17.5 Å². The minimum absolute atomic E-state index is 0.170. The highest BCUT2D eigenvalue weighted by molar-refractivity contribution is 7.13. The van der Waals surface area contributed by atoms with Gasteiger partial charge in [-0.25, -0.2) is 0 Å². The van der Waals surface area contributed by atoms with Crippen LogP contribution in [0.25, 0.3) is 21.5 Å². The molecule has 0 radical (unpaired) electrons. The molecule has 1 N–H and O–H groups in total. The number of benzene rings is 1. The SMILES string of the molecule is CC(C)(c1ccccc1)c1nc2occ(-c3cccs3)c2c(=O)[nH]1. The number of hydrogen-bond donors (Lipinski definition) is 1. The summed E-state index contributed by atoms with van der Waals surface area (Å²) >= 11 is 1.57. The van der Waals surface area contributed by atoms with Gasteiger partial charge < -0.3 is 9.40 Å². The molecule has 0 aliphatic carbocycles. The van der Waals surface area contributed by atoms with Crippen LogP contribution in [0.4, 0.5) is 0 Å². The first-order valence-electron chi connectivity index (χ1n) is 7.69. The van der Waals surface area contributed by atoms with Gasteiger partial charge in [-0.05, 0) is 30.9 Å². The molecule has 4 rings (SSSR count). The Balaban J connectivity index is 1.90. The molecular formula is C19H16N2O2S. The van der Waals surface area contributed by atoms with E-state index >= 15 is 0 Å². The lowest BCUT2D eigenvalue weighted by Gasteiger charge is -2.23. The molecule has 0 saturated carbocycles. The topological polar surface area (TPSA) is 58.9 Å². The average Bonchev–Trinajstić information content (AvgIpc) is 3.24. The van der Waals surface area contributed by atoms with E-state index in [0.717, 1.165) is 16.0 Å². The van der Waals surface area contributed by atoms with Gasteiger partial charge in [0.25, 0.3) is 5.56 Å². The predicted molar refractivity (Wildman–Crippen MR) is 96.5 cm³/mol. The highest BCUT2D eigenvalue weighted by atomic mass is 32.1. The second-order valence-corrected chi connectivity index (χ2v) is 7.16. The van der Waals surface area contributed by atoms with Gasteiger partial charge in [0, 0.05) is 15.9 Å². The first-order chi connectivity index (χ1) is 11.6. The summed E-state index contributed by atoms with van der Waals surface area (Å²) in [6.45, 7) is 4.07. The van der Waals surface area contributed by atoms with E-state index in [1.54, 1.807) is 17.6 Å². The summed E-state index contributed by atoms with van der Waals surface area (Å²) in [7, 11) is 0. The van der Waals surface area contributed by atoms with Crippen LogP contribution in [0.2, 0.25) is 0 Å². The largest absolute Gasteiger partial charge is 0.445 e. The third-order valence-electron chi connectivity index (χ3n) is 4.32. The number of H-pyrrole nitrogens is 1. The molecule has 24 heavy (non-hydrogen) atoms. The first-order valence-corrected chi connectivity index (χ1v) is 8.57. The molecular weight excluding hydrogens is 320 g/mol. The van der Waals surface area contributed by atoms with Gasteiger partial charge >= 0.3 is 0 Å². The fourth-order valence-electron chi connectivity index (χ4n) is 2.85. The van der Waals surface area contributed by atoms with Gasteiger partial charge in [-0.2, -0.15) is 4.98 Å². The summed E-state index contributed by atoms with van der Waals surface area (Å²) in [6.07, 6.45) is 1.61. The molecule has 0 bridgehead atoms. The lowest BCUT2D eigenvalue weighted by molar-refractivity contribution is 0.563. The Morgan fingerprint density at radius 3 is 2.62 bits per heavy atom. The lowest BCUT2D eigenvalue weighted by atomic mass is 9.84. The van der Waals surface area contributed by atoms with Gasteiger partial charge in [0.15, 0.2) is 0 Å². The first kappa shape index (κ1) is 14.9. The quantitative estimate of drug-likeness (QED) is 0.596. The third-order valence-corrected chi connectivity index (χ3v) is 5.22. The number of nitrogens with one attached hydrogen (secondary N) is 1. The van der Waals surface area contributed by atoms with Crippen LogP contribution in [0.1, 0.15) is 25.2 Å². The molecule has 0 fully saturated rings. The van der Waals surface area contributed by atoms with Crippen LogP contribution in [0.15, 0.2) is 63.3 Å². The molecule has 3 aromatic heterocycles. The van der Waals surface area contributed by atoms with E-state index in [2.05, 4.69) is 9.97 Å². The van der Waals surface area contributed by atoms with E-state index in [1.807, 2.05) is 61.7 Å². The van der Waals surface area contributed by atoms with Crippen molar-refractivity contribution >= 4 is 22.4 Å². The van der Waals surface area contributed by atoms with E-state index < -0.39 is 5.41 Å². The monoisotopic (exact) mass is 336 g/mol. The predicted octanol–water partition coefficient (Wildman–Crippen LogP) is 4.57. The Morgan fingerprint density at radius 2 is 1.92 bits per heavy atom. The van der Waals surface area contributed by atoms with Crippen LogP contribution in [-0.2, 0) is 5.41 Å². The van der Waals surface area contributed by atoms with Crippen molar-refractivity contribution < 1.29 is 4.42 Å². The average molecular weight is 336 g/mol. The van der Waals surface area contributed by atoms with E-state index in [0.29, 0.717) is 16.9 Å². The van der Waals surface area contributed by atoms with E-state index in [-0.39, 0.29) is 5.56 Å². The molecule has 1 aromatic carbocycles. The van der Waals surface area contributed by atoms with Crippen molar-refractivity contribution in [1.29, 1.82) is 0 Å². The highest BCUT2D eigenvalue weighted by Gasteiger charge is 2.27. The molecule has 120 valence electrons. The summed E-state index contributed by atoms with van der Waals surface area (Å²) < 4.78 is 5.60. The van der Waals surface area contributed by atoms with Crippen LogP contribution in [0, 0.1) is 0 Å². The minimum Gasteiger partial charge on any atom is -0.445 e. The summed E-state index contributed by atoms with van der Waals surface area (Å²) in [5.74, 6) is 0.596. The Bertz CT molecular complexity index is 1040. The smallest absolute Gasteiger partial charge is 0.262 e. The molecule has 0 atom stereocenters. The number of thiophene rings is 1. The molecule has 0 spiro atoms. The summed E-state index contributed by atoms with van der Waals surface area (Å²) in [4.78, 5) is 21.3. The van der Waals surface area contributed by atoms with Gasteiger partial charge in [0.05, 0.1) is 0 Å². The number of fused-ring (bicyclic) bond motifs is 1. The lowest BCUT2D eigenvalue weighted by Crippen LogP contribution is -2.26. The molecule has 5 heteroatoms. The fraction of sp³-hybridized carbons (Fsp3) is 0.158. The third kappa shape index (κ3) is 2.29. The molecule has 0 unspecified atom stereocenters. The standard InChI is InChI=1S/C19H16N2O2S/c1-19(2,12-7-4-3-5-8-12)18-20-16(22)15-13(11-23-17(15)21-18)14-9-6-10-24-14/h3-11H,1-2H3,(H,20,21,22). The van der Waals surface area contributed by atoms with Crippen molar-refractivity contribution in [3.63, 3.8) is 0 Å². The second kappa shape index (κ2) is 5.46. The van der Waals surface area contributed by atoms with Crippen molar-refractivity contribution in [2.45, 2.75) is 19.3 Å². The Kier molecular flexibility index (Phi) is 3.39. The fourth-order valence-corrected chi connectivity index (χ4v) is 3.59. The number of aromatic nitrogens is 2. The number of nitrogens with zero attached hydrogens (tertiary/aromatic N) is 1. The van der Waals surface area contributed by atoms with Crippen LogP contribution in [-0.4, -0.2) is 9.97 Å². The molecule has 3 heterocycles. The number of furan rings is 1. The van der Waals surface area contributed by atoms with Crippen LogP contribution in [0.5, 0.6) is 0 Å². The number of hydrogen-bond acceptors (Lipinski definition) is 4. The van der Waals surface area contributed by atoms with E-state index in [9.17, 15) is 4.79 Å².